The third-order valence-corrected chi connectivity index (χ3v) is 4.28. The summed E-state index contributed by atoms with van der Waals surface area (Å²) in [7, 11) is 0. The molecule has 0 unspecified atom stereocenters. The van der Waals surface area contributed by atoms with Crippen LogP contribution < -0.4 is 0 Å². The first-order chi connectivity index (χ1) is 11.1. The summed E-state index contributed by atoms with van der Waals surface area (Å²) >= 11 is 0. The van der Waals surface area contributed by atoms with E-state index in [0.29, 0.717) is 0 Å². The highest BCUT2D eigenvalue weighted by Crippen LogP contribution is 2.41. The van der Waals surface area contributed by atoms with Gasteiger partial charge in [-0.3, -0.25) is 0 Å². The molecule has 0 spiro atoms. The van der Waals surface area contributed by atoms with Gasteiger partial charge in [0, 0.05) is 5.41 Å². The van der Waals surface area contributed by atoms with Gasteiger partial charge in [0.05, 0.1) is 0 Å². The number of rotatable bonds is 8. The van der Waals surface area contributed by atoms with Crippen molar-refractivity contribution in [2.45, 2.75) is 98.8 Å². The van der Waals surface area contributed by atoms with E-state index in [9.17, 15) is 0 Å². The van der Waals surface area contributed by atoms with E-state index in [4.69, 9.17) is 0 Å². The SMILES string of the molecule is C=C(CC)C(CCC)(CCC)c1ccccc1.CC.CCCC. The van der Waals surface area contributed by atoms with Crippen LogP contribution in [0.4, 0.5) is 0 Å². The fraction of sp³-hybridized carbons (Fsp3) is 0.652. The van der Waals surface area contributed by atoms with Gasteiger partial charge in [0.2, 0.25) is 0 Å². The van der Waals surface area contributed by atoms with E-state index in [1.807, 2.05) is 13.8 Å². The van der Waals surface area contributed by atoms with Gasteiger partial charge in [-0.25, -0.2) is 0 Å². The molecule has 0 aromatic heterocycles. The lowest BCUT2D eigenvalue weighted by Crippen LogP contribution is -2.28. The van der Waals surface area contributed by atoms with Gasteiger partial charge in [0.1, 0.15) is 0 Å². The molecule has 0 saturated heterocycles. The summed E-state index contributed by atoms with van der Waals surface area (Å²) in [6.07, 6.45) is 8.59. The average molecular weight is 319 g/mol. The number of hydrogen-bond donors (Lipinski definition) is 0. The molecule has 0 nitrogen and oxygen atoms in total. The normalized spacial score (nSPS) is 10.0. The molecule has 0 heterocycles. The van der Waals surface area contributed by atoms with Crippen LogP contribution in [0.25, 0.3) is 0 Å². The van der Waals surface area contributed by atoms with Crippen molar-refractivity contribution in [2.24, 2.45) is 0 Å². The summed E-state index contributed by atoms with van der Waals surface area (Å²) in [5.74, 6) is 0. The lowest BCUT2D eigenvalue weighted by molar-refractivity contribution is 0.409. The zero-order valence-corrected chi connectivity index (χ0v) is 17.0. The Bertz CT molecular complexity index is 353. The Balaban J connectivity index is 0. The van der Waals surface area contributed by atoms with Crippen LogP contribution in [0.2, 0.25) is 0 Å². The fourth-order valence-corrected chi connectivity index (χ4v) is 2.92. The summed E-state index contributed by atoms with van der Waals surface area (Å²) in [4.78, 5) is 0. The first kappa shape index (κ1) is 24.2. The highest BCUT2D eigenvalue weighted by molar-refractivity contribution is 5.35. The molecule has 1 aromatic rings. The van der Waals surface area contributed by atoms with Gasteiger partial charge < -0.3 is 0 Å². The lowest BCUT2D eigenvalue weighted by atomic mass is 9.68. The molecule has 0 aliphatic heterocycles. The summed E-state index contributed by atoms with van der Waals surface area (Å²) in [5.41, 5.74) is 3.06. The van der Waals surface area contributed by atoms with Gasteiger partial charge in [-0.1, -0.05) is 117 Å². The molecular formula is C23H42. The van der Waals surface area contributed by atoms with Crippen molar-refractivity contribution in [2.75, 3.05) is 0 Å². The number of unbranched alkanes of at least 4 members (excludes halogenated alkanes) is 1. The van der Waals surface area contributed by atoms with E-state index in [1.54, 1.807) is 0 Å². The Morgan fingerprint density at radius 1 is 0.783 bits per heavy atom. The van der Waals surface area contributed by atoms with Crippen LogP contribution in [0.5, 0.6) is 0 Å². The molecule has 0 amide bonds. The zero-order chi connectivity index (χ0) is 18.1. The van der Waals surface area contributed by atoms with Gasteiger partial charge in [0.25, 0.3) is 0 Å². The van der Waals surface area contributed by atoms with Crippen molar-refractivity contribution < 1.29 is 0 Å². The van der Waals surface area contributed by atoms with Crippen LogP contribution in [0.3, 0.4) is 0 Å². The summed E-state index contributed by atoms with van der Waals surface area (Å²) in [6.45, 7) is 19.5. The summed E-state index contributed by atoms with van der Waals surface area (Å²) in [5, 5.41) is 0. The Morgan fingerprint density at radius 3 is 1.52 bits per heavy atom. The predicted octanol–water partition coefficient (Wildman–Crippen LogP) is 8.32. The second-order valence-corrected chi connectivity index (χ2v) is 5.91. The molecule has 1 aromatic carbocycles. The van der Waals surface area contributed by atoms with E-state index in [-0.39, 0.29) is 5.41 Å². The predicted molar refractivity (Wildman–Crippen MR) is 109 cm³/mol. The third-order valence-electron chi connectivity index (χ3n) is 4.28. The molecule has 0 bridgehead atoms. The van der Waals surface area contributed by atoms with E-state index in [1.165, 1.54) is 49.7 Å². The second kappa shape index (κ2) is 15.8. The van der Waals surface area contributed by atoms with E-state index < -0.39 is 0 Å². The molecule has 0 atom stereocenters. The van der Waals surface area contributed by atoms with Crippen LogP contribution in [0.15, 0.2) is 42.5 Å². The third kappa shape index (κ3) is 8.39. The highest BCUT2D eigenvalue weighted by atomic mass is 14.4. The van der Waals surface area contributed by atoms with Gasteiger partial charge >= 0.3 is 0 Å². The molecule has 134 valence electrons. The van der Waals surface area contributed by atoms with Crippen molar-refractivity contribution in [1.82, 2.24) is 0 Å². The topological polar surface area (TPSA) is 0 Å². The Labute approximate surface area is 147 Å². The largest absolute Gasteiger partial charge is 0.0990 e. The maximum absolute atomic E-state index is 4.36. The van der Waals surface area contributed by atoms with Crippen molar-refractivity contribution in [3.8, 4) is 0 Å². The Hall–Kier alpha value is -1.04. The smallest absolute Gasteiger partial charge is 0.0158 e. The zero-order valence-electron chi connectivity index (χ0n) is 17.0. The first-order valence-electron chi connectivity index (χ1n) is 9.86. The minimum atomic E-state index is 0.208. The van der Waals surface area contributed by atoms with Crippen LogP contribution in [0, 0.1) is 0 Å². The highest BCUT2D eigenvalue weighted by Gasteiger charge is 2.32. The van der Waals surface area contributed by atoms with Crippen LogP contribution in [0.1, 0.15) is 99.0 Å². The van der Waals surface area contributed by atoms with E-state index in [0.717, 1.165) is 6.42 Å². The van der Waals surface area contributed by atoms with Crippen molar-refractivity contribution in [3.63, 3.8) is 0 Å². The van der Waals surface area contributed by atoms with Gasteiger partial charge in [-0.05, 0) is 24.8 Å². The quantitative estimate of drug-likeness (QED) is 0.423. The van der Waals surface area contributed by atoms with Crippen molar-refractivity contribution in [3.05, 3.63) is 48.0 Å². The van der Waals surface area contributed by atoms with Crippen LogP contribution >= 0.6 is 0 Å². The first-order valence-corrected chi connectivity index (χ1v) is 9.86. The molecule has 0 heteroatoms. The van der Waals surface area contributed by atoms with E-state index in [2.05, 4.69) is 71.5 Å². The van der Waals surface area contributed by atoms with Gasteiger partial charge in [-0.2, -0.15) is 0 Å². The molecular weight excluding hydrogens is 276 g/mol. The monoisotopic (exact) mass is 318 g/mol. The molecule has 0 fully saturated rings. The number of allylic oxidation sites excluding steroid dienone is 1. The average Bonchev–Trinajstić information content (AvgIpc) is 2.63. The summed E-state index contributed by atoms with van der Waals surface area (Å²) in [6, 6.07) is 10.9. The number of hydrogen-bond acceptors (Lipinski definition) is 0. The van der Waals surface area contributed by atoms with Crippen LogP contribution in [-0.4, -0.2) is 0 Å². The fourth-order valence-electron chi connectivity index (χ4n) is 2.92. The molecule has 0 saturated carbocycles. The Morgan fingerprint density at radius 2 is 1.22 bits per heavy atom. The molecule has 1 rings (SSSR count). The molecule has 0 aliphatic rings. The molecule has 0 aliphatic carbocycles. The van der Waals surface area contributed by atoms with E-state index >= 15 is 0 Å². The molecule has 23 heavy (non-hydrogen) atoms. The minimum Gasteiger partial charge on any atom is -0.0990 e. The van der Waals surface area contributed by atoms with Crippen molar-refractivity contribution >= 4 is 0 Å². The maximum atomic E-state index is 4.36. The maximum Gasteiger partial charge on any atom is 0.0158 e. The Kier molecular flexibility index (Phi) is 16.7. The summed E-state index contributed by atoms with van der Waals surface area (Å²) < 4.78 is 0. The van der Waals surface area contributed by atoms with Gasteiger partial charge in [-0.15, -0.1) is 0 Å². The van der Waals surface area contributed by atoms with Gasteiger partial charge in [0.15, 0.2) is 0 Å². The molecule has 0 N–H and O–H groups in total. The molecule has 0 radical (unpaired) electrons. The second-order valence-electron chi connectivity index (χ2n) is 5.91. The number of benzene rings is 1. The minimum absolute atomic E-state index is 0.208. The van der Waals surface area contributed by atoms with Crippen molar-refractivity contribution in [1.29, 1.82) is 0 Å². The standard InChI is InChI=1S/C17H26.C4H10.C2H6/c1-5-13-17(14-6-2,15(4)7-3)16-11-9-8-10-12-16;1-3-4-2;1-2/h8-12H,4-7,13-14H2,1-3H3;3-4H2,1-2H3;1-2H3. The van der Waals surface area contributed by atoms with Crippen LogP contribution in [-0.2, 0) is 5.41 Å². The lowest BCUT2D eigenvalue weighted by Gasteiger charge is -2.36.